The maximum Gasteiger partial charge on any atom is 0.262 e. The Kier molecular flexibility index (Phi) is 4.79. The minimum absolute atomic E-state index is 0.0520. The van der Waals surface area contributed by atoms with Crippen LogP contribution in [-0.4, -0.2) is 18.4 Å². The van der Waals surface area contributed by atoms with Gasteiger partial charge in [0.25, 0.3) is 5.91 Å². The van der Waals surface area contributed by atoms with Crippen molar-refractivity contribution in [3.8, 4) is 5.75 Å². The number of hydrogen-bond donors (Lipinski definition) is 2. The Morgan fingerprint density at radius 3 is 2.33 bits per heavy atom. The van der Waals surface area contributed by atoms with Crippen LogP contribution >= 0.6 is 0 Å². The Morgan fingerprint density at radius 1 is 1.04 bits per heavy atom. The summed E-state index contributed by atoms with van der Waals surface area (Å²) in [5, 5.41) is 5.63. The van der Waals surface area contributed by atoms with Crippen molar-refractivity contribution in [2.24, 2.45) is 5.92 Å². The van der Waals surface area contributed by atoms with E-state index in [0.717, 1.165) is 24.1 Å². The van der Waals surface area contributed by atoms with Gasteiger partial charge in [-0.15, -0.1) is 0 Å². The van der Waals surface area contributed by atoms with Gasteiger partial charge in [-0.2, -0.15) is 0 Å². The Bertz CT molecular complexity index is 737. The standard InChI is InChI=1S/C19H20N2O3/c1-13-3-2-4-17(11-13)24-12-18(22)20-15-7-9-16(10-8-15)21-19(23)14-5-6-14/h2-4,7-11,14H,5-6,12H2,1H3,(H,20,22)(H,21,23). The van der Waals surface area contributed by atoms with E-state index in [-0.39, 0.29) is 24.3 Å². The molecule has 0 heterocycles. The van der Waals surface area contributed by atoms with Gasteiger partial charge in [-0.3, -0.25) is 9.59 Å². The van der Waals surface area contributed by atoms with E-state index in [1.165, 1.54) is 0 Å². The van der Waals surface area contributed by atoms with E-state index in [4.69, 9.17) is 4.74 Å². The molecule has 2 aromatic rings. The highest BCUT2D eigenvalue weighted by Gasteiger charge is 2.29. The van der Waals surface area contributed by atoms with Crippen molar-refractivity contribution in [1.82, 2.24) is 0 Å². The number of rotatable bonds is 6. The summed E-state index contributed by atoms with van der Waals surface area (Å²) in [5.41, 5.74) is 2.48. The lowest BCUT2D eigenvalue weighted by molar-refractivity contribution is -0.118. The predicted octanol–water partition coefficient (Wildman–Crippen LogP) is 3.36. The van der Waals surface area contributed by atoms with Gasteiger partial charge in [-0.25, -0.2) is 0 Å². The van der Waals surface area contributed by atoms with Crippen LogP contribution in [0.15, 0.2) is 48.5 Å². The van der Waals surface area contributed by atoms with Crippen molar-refractivity contribution < 1.29 is 14.3 Å². The van der Waals surface area contributed by atoms with Gasteiger partial charge < -0.3 is 15.4 Å². The zero-order chi connectivity index (χ0) is 16.9. The minimum Gasteiger partial charge on any atom is -0.484 e. The third kappa shape index (κ3) is 4.59. The van der Waals surface area contributed by atoms with Crippen molar-refractivity contribution >= 4 is 23.2 Å². The van der Waals surface area contributed by atoms with Crippen LogP contribution in [0.2, 0.25) is 0 Å². The first-order chi connectivity index (χ1) is 11.6. The molecule has 1 saturated carbocycles. The van der Waals surface area contributed by atoms with Gasteiger partial charge >= 0.3 is 0 Å². The second kappa shape index (κ2) is 7.17. The number of carbonyl (C=O) groups is 2. The van der Waals surface area contributed by atoms with Gasteiger partial charge in [0.05, 0.1) is 0 Å². The summed E-state index contributed by atoms with van der Waals surface area (Å²) in [4.78, 5) is 23.6. The Balaban J connectivity index is 1.48. The average Bonchev–Trinajstić information content (AvgIpc) is 3.40. The first-order valence-electron chi connectivity index (χ1n) is 8.00. The third-order valence-electron chi connectivity index (χ3n) is 3.74. The summed E-state index contributed by atoms with van der Waals surface area (Å²) in [6, 6.07) is 14.6. The van der Waals surface area contributed by atoms with Gasteiger partial charge in [0.1, 0.15) is 5.75 Å². The number of anilines is 2. The van der Waals surface area contributed by atoms with E-state index in [1.54, 1.807) is 24.3 Å². The molecule has 0 aliphatic heterocycles. The summed E-state index contributed by atoms with van der Waals surface area (Å²) in [6.45, 7) is 1.92. The number of ether oxygens (including phenoxy) is 1. The number of nitrogens with one attached hydrogen (secondary N) is 2. The summed E-state index contributed by atoms with van der Waals surface area (Å²) >= 11 is 0. The molecule has 2 amide bonds. The van der Waals surface area contributed by atoms with Crippen molar-refractivity contribution in [2.75, 3.05) is 17.2 Å². The predicted molar refractivity (Wildman–Crippen MR) is 93.1 cm³/mol. The lowest BCUT2D eigenvalue weighted by atomic mass is 10.2. The van der Waals surface area contributed by atoms with Crippen LogP contribution in [0, 0.1) is 12.8 Å². The summed E-state index contributed by atoms with van der Waals surface area (Å²) in [7, 11) is 0. The molecule has 124 valence electrons. The molecule has 1 aliphatic carbocycles. The number of carbonyl (C=O) groups excluding carboxylic acids is 2. The molecule has 5 heteroatoms. The molecular formula is C19H20N2O3. The minimum atomic E-state index is -0.230. The van der Waals surface area contributed by atoms with Crippen LogP contribution in [0.5, 0.6) is 5.75 Å². The molecule has 0 spiro atoms. The molecule has 2 N–H and O–H groups in total. The second-order valence-electron chi connectivity index (χ2n) is 5.99. The second-order valence-corrected chi connectivity index (χ2v) is 5.99. The molecule has 0 radical (unpaired) electrons. The van der Waals surface area contributed by atoms with E-state index in [0.29, 0.717) is 11.4 Å². The smallest absolute Gasteiger partial charge is 0.262 e. The molecular weight excluding hydrogens is 304 g/mol. The van der Waals surface area contributed by atoms with Gasteiger partial charge in [0, 0.05) is 17.3 Å². The zero-order valence-corrected chi connectivity index (χ0v) is 13.5. The Labute approximate surface area is 141 Å². The topological polar surface area (TPSA) is 67.4 Å². The average molecular weight is 324 g/mol. The van der Waals surface area contributed by atoms with Crippen molar-refractivity contribution in [3.05, 3.63) is 54.1 Å². The first-order valence-corrected chi connectivity index (χ1v) is 8.00. The van der Waals surface area contributed by atoms with Crippen molar-refractivity contribution in [3.63, 3.8) is 0 Å². The van der Waals surface area contributed by atoms with Crippen LogP contribution in [0.3, 0.4) is 0 Å². The highest BCUT2D eigenvalue weighted by atomic mass is 16.5. The van der Waals surface area contributed by atoms with Crippen LogP contribution in [-0.2, 0) is 9.59 Å². The number of amides is 2. The lowest BCUT2D eigenvalue weighted by Gasteiger charge is -2.09. The van der Waals surface area contributed by atoms with E-state index < -0.39 is 0 Å². The van der Waals surface area contributed by atoms with Crippen LogP contribution < -0.4 is 15.4 Å². The van der Waals surface area contributed by atoms with Gasteiger partial charge in [-0.05, 0) is 61.7 Å². The van der Waals surface area contributed by atoms with Crippen LogP contribution in [0.4, 0.5) is 11.4 Å². The first kappa shape index (κ1) is 16.1. The highest BCUT2D eigenvalue weighted by Crippen LogP contribution is 2.30. The molecule has 0 bridgehead atoms. The van der Waals surface area contributed by atoms with E-state index in [2.05, 4.69) is 10.6 Å². The number of hydrogen-bond acceptors (Lipinski definition) is 3. The Morgan fingerprint density at radius 2 is 1.71 bits per heavy atom. The van der Waals surface area contributed by atoms with E-state index >= 15 is 0 Å². The summed E-state index contributed by atoms with van der Waals surface area (Å²) < 4.78 is 5.46. The fourth-order valence-electron chi connectivity index (χ4n) is 2.28. The molecule has 1 fully saturated rings. The molecule has 0 unspecified atom stereocenters. The monoisotopic (exact) mass is 324 g/mol. The Hall–Kier alpha value is -2.82. The molecule has 2 aromatic carbocycles. The lowest BCUT2D eigenvalue weighted by Crippen LogP contribution is -2.20. The molecule has 3 rings (SSSR count). The van der Waals surface area contributed by atoms with Gasteiger partial charge in [0.15, 0.2) is 6.61 Å². The molecule has 24 heavy (non-hydrogen) atoms. The quantitative estimate of drug-likeness (QED) is 0.856. The maximum absolute atomic E-state index is 11.9. The fraction of sp³-hybridized carbons (Fsp3) is 0.263. The maximum atomic E-state index is 11.9. The molecule has 0 aromatic heterocycles. The van der Waals surface area contributed by atoms with Crippen LogP contribution in [0.25, 0.3) is 0 Å². The fourth-order valence-corrected chi connectivity index (χ4v) is 2.28. The number of benzene rings is 2. The normalized spacial score (nSPS) is 13.2. The largest absolute Gasteiger partial charge is 0.484 e. The summed E-state index contributed by atoms with van der Waals surface area (Å²) in [6.07, 6.45) is 1.95. The molecule has 0 atom stereocenters. The van der Waals surface area contributed by atoms with E-state index in [9.17, 15) is 9.59 Å². The van der Waals surface area contributed by atoms with Crippen molar-refractivity contribution in [1.29, 1.82) is 0 Å². The van der Waals surface area contributed by atoms with Crippen LogP contribution in [0.1, 0.15) is 18.4 Å². The SMILES string of the molecule is Cc1cccc(OCC(=O)Nc2ccc(NC(=O)C3CC3)cc2)c1. The molecule has 0 saturated heterocycles. The zero-order valence-electron chi connectivity index (χ0n) is 13.5. The van der Waals surface area contributed by atoms with Gasteiger partial charge in [0.2, 0.25) is 5.91 Å². The highest BCUT2D eigenvalue weighted by molar-refractivity contribution is 5.95. The molecule has 1 aliphatic rings. The van der Waals surface area contributed by atoms with Crippen molar-refractivity contribution in [2.45, 2.75) is 19.8 Å². The number of aryl methyl sites for hydroxylation is 1. The third-order valence-corrected chi connectivity index (χ3v) is 3.74. The molecule has 5 nitrogen and oxygen atoms in total. The summed E-state index contributed by atoms with van der Waals surface area (Å²) in [5.74, 6) is 0.677. The van der Waals surface area contributed by atoms with E-state index in [1.807, 2.05) is 31.2 Å². The van der Waals surface area contributed by atoms with Gasteiger partial charge in [-0.1, -0.05) is 12.1 Å².